The molecule has 0 fully saturated rings. The molecule has 90 valence electrons. The molecule has 0 aliphatic carbocycles. The fourth-order valence-electron chi connectivity index (χ4n) is 2.29. The molecular weight excluding hydrogens is 278 g/mol. The van der Waals surface area contributed by atoms with Crippen molar-refractivity contribution < 1.29 is 4.79 Å². The number of para-hydroxylation sites is 1. The van der Waals surface area contributed by atoms with Gasteiger partial charge >= 0.3 is 0 Å². The molecule has 2 nitrogen and oxygen atoms in total. The number of rotatable bonds is 3. The molecule has 1 atom stereocenters. The van der Waals surface area contributed by atoms with Gasteiger partial charge in [-0.15, -0.1) is 0 Å². The van der Waals surface area contributed by atoms with Gasteiger partial charge in [0.05, 0.1) is 11.6 Å². The number of benzene rings is 1. The topological polar surface area (TPSA) is 22.0 Å². The van der Waals surface area contributed by atoms with Gasteiger partial charge in [-0.05, 0) is 35.8 Å². The molecule has 2 aromatic rings. The summed E-state index contributed by atoms with van der Waals surface area (Å²) >= 11 is 3.61. The van der Waals surface area contributed by atoms with Crippen LogP contribution in [0.4, 0.5) is 0 Å². The van der Waals surface area contributed by atoms with E-state index < -0.39 is 0 Å². The lowest BCUT2D eigenvalue weighted by molar-refractivity contribution is -0.121. The molecule has 1 aromatic heterocycles. The molecule has 3 heteroatoms. The molecule has 0 radical (unpaired) electrons. The van der Waals surface area contributed by atoms with Gasteiger partial charge in [-0.3, -0.25) is 4.79 Å². The van der Waals surface area contributed by atoms with E-state index in [4.69, 9.17) is 0 Å². The van der Waals surface area contributed by atoms with Gasteiger partial charge in [0, 0.05) is 22.0 Å². The van der Waals surface area contributed by atoms with Crippen LogP contribution in [0.3, 0.4) is 0 Å². The van der Waals surface area contributed by atoms with Crippen molar-refractivity contribution in [3.05, 3.63) is 34.4 Å². The summed E-state index contributed by atoms with van der Waals surface area (Å²) in [6, 6.07) is 8.06. The first-order valence-electron chi connectivity index (χ1n) is 5.85. The Balaban J connectivity index is 2.69. The van der Waals surface area contributed by atoms with Gasteiger partial charge < -0.3 is 4.57 Å². The summed E-state index contributed by atoms with van der Waals surface area (Å²) in [6.07, 6.45) is 0.574. The molecule has 1 unspecified atom stereocenters. The number of fused-ring (bicyclic) bond motifs is 1. The van der Waals surface area contributed by atoms with E-state index in [9.17, 15) is 4.79 Å². The SMILES string of the molecule is CCC(=O)C(C)n1c(C)c(Br)c2ccccc21. The van der Waals surface area contributed by atoms with Crippen LogP contribution in [0, 0.1) is 6.92 Å². The molecule has 0 amide bonds. The highest BCUT2D eigenvalue weighted by Crippen LogP contribution is 2.33. The molecule has 0 aliphatic heterocycles. The fourth-order valence-corrected chi connectivity index (χ4v) is 2.82. The largest absolute Gasteiger partial charge is 0.333 e. The lowest BCUT2D eigenvalue weighted by Crippen LogP contribution is -2.16. The van der Waals surface area contributed by atoms with Crippen molar-refractivity contribution in [1.29, 1.82) is 0 Å². The number of halogens is 1. The first-order valence-corrected chi connectivity index (χ1v) is 6.65. The Morgan fingerprint density at radius 3 is 2.71 bits per heavy atom. The van der Waals surface area contributed by atoms with Crippen LogP contribution < -0.4 is 0 Å². The molecule has 0 aliphatic rings. The van der Waals surface area contributed by atoms with Gasteiger partial charge in [0.2, 0.25) is 0 Å². The summed E-state index contributed by atoms with van der Waals surface area (Å²) < 4.78 is 3.20. The Labute approximate surface area is 110 Å². The average molecular weight is 294 g/mol. The van der Waals surface area contributed by atoms with Crippen molar-refractivity contribution in [2.24, 2.45) is 0 Å². The summed E-state index contributed by atoms with van der Waals surface area (Å²) in [4.78, 5) is 11.9. The van der Waals surface area contributed by atoms with Crippen molar-refractivity contribution in [1.82, 2.24) is 4.57 Å². The van der Waals surface area contributed by atoms with Crippen LogP contribution in [0.1, 0.15) is 32.0 Å². The second-order valence-corrected chi connectivity index (χ2v) is 5.08. The van der Waals surface area contributed by atoms with Gasteiger partial charge in [0.1, 0.15) is 0 Å². The second kappa shape index (κ2) is 4.65. The van der Waals surface area contributed by atoms with Crippen LogP contribution in [0.5, 0.6) is 0 Å². The molecule has 0 bridgehead atoms. The predicted molar refractivity (Wildman–Crippen MR) is 74.4 cm³/mol. The van der Waals surface area contributed by atoms with E-state index in [1.165, 1.54) is 5.39 Å². The van der Waals surface area contributed by atoms with Gasteiger partial charge in [0.15, 0.2) is 5.78 Å². The lowest BCUT2D eigenvalue weighted by Gasteiger charge is -2.15. The number of ketones is 1. The maximum absolute atomic E-state index is 11.9. The van der Waals surface area contributed by atoms with Gasteiger partial charge in [-0.1, -0.05) is 25.1 Å². The number of nitrogens with zero attached hydrogens (tertiary/aromatic N) is 1. The quantitative estimate of drug-likeness (QED) is 0.829. The summed E-state index contributed by atoms with van der Waals surface area (Å²) in [5, 5.41) is 1.17. The minimum Gasteiger partial charge on any atom is -0.333 e. The normalized spacial score (nSPS) is 12.9. The standard InChI is InChI=1S/C14H16BrNO/c1-4-13(17)9(2)16-10(3)14(15)11-7-5-6-8-12(11)16/h5-9H,4H2,1-3H3. The Bertz CT molecular complexity index is 571. The third-order valence-corrected chi connectivity index (χ3v) is 4.28. The monoisotopic (exact) mass is 293 g/mol. The van der Waals surface area contributed by atoms with Crippen LogP contribution in [-0.4, -0.2) is 10.4 Å². The summed E-state index contributed by atoms with van der Waals surface area (Å²) in [6.45, 7) is 5.93. The third-order valence-electron chi connectivity index (χ3n) is 3.28. The number of hydrogen-bond acceptors (Lipinski definition) is 1. The molecule has 17 heavy (non-hydrogen) atoms. The Kier molecular flexibility index (Phi) is 3.38. The van der Waals surface area contributed by atoms with Crippen LogP contribution >= 0.6 is 15.9 Å². The molecule has 1 heterocycles. The molecule has 0 saturated carbocycles. The van der Waals surface area contributed by atoms with E-state index in [1.807, 2.05) is 32.9 Å². The van der Waals surface area contributed by atoms with E-state index in [2.05, 4.69) is 32.6 Å². The maximum Gasteiger partial charge on any atom is 0.155 e. The summed E-state index contributed by atoms with van der Waals surface area (Å²) in [7, 11) is 0. The Morgan fingerprint density at radius 1 is 1.41 bits per heavy atom. The van der Waals surface area contributed by atoms with Crippen LogP contribution in [-0.2, 0) is 4.79 Å². The molecule has 0 N–H and O–H groups in total. The van der Waals surface area contributed by atoms with Gasteiger partial charge in [-0.2, -0.15) is 0 Å². The molecule has 0 spiro atoms. The molecule has 0 saturated heterocycles. The second-order valence-electron chi connectivity index (χ2n) is 4.28. The van der Waals surface area contributed by atoms with Crippen molar-refractivity contribution >= 4 is 32.6 Å². The zero-order valence-corrected chi connectivity index (χ0v) is 11.9. The number of carbonyl (C=O) groups excluding carboxylic acids is 1. The van der Waals surface area contributed by atoms with Crippen molar-refractivity contribution in [3.8, 4) is 0 Å². The smallest absolute Gasteiger partial charge is 0.155 e. The number of hydrogen-bond donors (Lipinski definition) is 0. The van der Waals surface area contributed by atoms with E-state index in [0.717, 1.165) is 15.7 Å². The third kappa shape index (κ3) is 1.93. The first-order chi connectivity index (χ1) is 8.07. The van der Waals surface area contributed by atoms with Crippen LogP contribution in [0.15, 0.2) is 28.7 Å². The highest BCUT2D eigenvalue weighted by Gasteiger charge is 2.19. The highest BCUT2D eigenvalue weighted by atomic mass is 79.9. The van der Waals surface area contributed by atoms with E-state index in [-0.39, 0.29) is 11.8 Å². The van der Waals surface area contributed by atoms with E-state index in [1.54, 1.807) is 0 Å². The highest BCUT2D eigenvalue weighted by molar-refractivity contribution is 9.10. The van der Waals surface area contributed by atoms with Crippen LogP contribution in [0.2, 0.25) is 0 Å². The zero-order valence-electron chi connectivity index (χ0n) is 10.3. The maximum atomic E-state index is 11.9. The number of aromatic nitrogens is 1. The van der Waals surface area contributed by atoms with Gasteiger partial charge in [0.25, 0.3) is 0 Å². The minimum atomic E-state index is -0.101. The predicted octanol–water partition coefficient (Wildman–Crippen LogP) is 4.25. The van der Waals surface area contributed by atoms with Crippen molar-refractivity contribution in [2.45, 2.75) is 33.2 Å². The van der Waals surface area contributed by atoms with E-state index in [0.29, 0.717) is 6.42 Å². The molecule has 1 aromatic carbocycles. The summed E-state index contributed by atoms with van der Waals surface area (Å²) in [5.41, 5.74) is 2.23. The van der Waals surface area contributed by atoms with Crippen molar-refractivity contribution in [2.75, 3.05) is 0 Å². The molecular formula is C14H16BrNO. The zero-order chi connectivity index (χ0) is 12.6. The average Bonchev–Trinajstić information content (AvgIpc) is 2.61. The minimum absolute atomic E-state index is 0.101. The summed E-state index contributed by atoms with van der Waals surface area (Å²) in [5.74, 6) is 0.265. The van der Waals surface area contributed by atoms with Gasteiger partial charge in [-0.25, -0.2) is 0 Å². The van der Waals surface area contributed by atoms with E-state index >= 15 is 0 Å². The fraction of sp³-hybridized carbons (Fsp3) is 0.357. The Morgan fingerprint density at radius 2 is 2.06 bits per heavy atom. The number of Topliss-reactive ketones (excluding diaryl/α,β-unsaturated/α-hetero) is 1. The van der Waals surface area contributed by atoms with Crippen molar-refractivity contribution in [3.63, 3.8) is 0 Å². The number of carbonyl (C=O) groups is 1. The van der Waals surface area contributed by atoms with Crippen LogP contribution in [0.25, 0.3) is 10.9 Å². The first kappa shape index (κ1) is 12.4. The Hall–Kier alpha value is -1.09. The molecule has 2 rings (SSSR count). The lowest BCUT2D eigenvalue weighted by atomic mass is 10.1.